The first-order chi connectivity index (χ1) is 16.8. The zero-order valence-electron chi connectivity index (χ0n) is 18.0. The molecule has 14 heteroatoms. The van der Waals surface area contributed by atoms with Crippen molar-refractivity contribution < 1.29 is 45.3 Å². The first kappa shape index (κ1) is 27.3. The molecule has 0 radical (unpaired) electrons. The summed E-state index contributed by atoms with van der Waals surface area (Å²) in [5, 5.41) is 9.86. The largest absolute Gasteiger partial charge is 0.461 e. The number of para-hydroxylation sites is 1. The van der Waals surface area contributed by atoms with Gasteiger partial charge in [-0.15, -0.1) is 0 Å². The van der Waals surface area contributed by atoms with E-state index in [4.69, 9.17) is 16.3 Å². The fraction of sp³-hybridized carbons (Fsp3) is 0.273. The van der Waals surface area contributed by atoms with Crippen molar-refractivity contribution in [3.05, 3.63) is 71.4 Å². The number of aliphatic hydroxyl groups is 1. The van der Waals surface area contributed by atoms with E-state index in [1.807, 2.05) is 0 Å². The van der Waals surface area contributed by atoms with Gasteiger partial charge in [0.25, 0.3) is 0 Å². The number of alkyl halides is 7. The van der Waals surface area contributed by atoms with Gasteiger partial charge in [-0.2, -0.15) is 35.7 Å². The number of rotatable bonds is 10. The third-order valence-electron chi connectivity index (χ3n) is 4.50. The topological polar surface area (TPSA) is 67.7 Å². The van der Waals surface area contributed by atoms with Gasteiger partial charge in [0, 0.05) is 18.8 Å². The number of ether oxygens (including phenoxy) is 2. The number of benzene rings is 2. The van der Waals surface area contributed by atoms with Gasteiger partial charge in [0.2, 0.25) is 11.8 Å². The van der Waals surface area contributed by atoms with Crippen LogP contribution in [0.2, 0.25) is 5.02 Å². The quantitative estimate of drug-likeness (QED) is 0.315. The number of hydrogen-bond donors (Lipinski definition) is 1. The summed E-state index contributed by atoms with van der Waals surface area (Å²) in [6.45, 7) is -1.49. The van der Waals surface area contributed by atoms with Gasteiger partial charge < -0.3 is 19.5 Å². The van der Waals surface area contributed by atoms with Crippen molar-refractivity contribution in [2.45, 2.75) is 31.4 Å². The van der Waals surface area contributed by atoms with Crippen LogP contribution in [0.15, 0.2) is 60.8 Å². The fourth-order valence-corrected chi connectivity index (χ4v) is 3.01. The van der Waals surface area contributed by atoms with Crippen LogP contribution in [0.1, 0.15) is 5.56 Å². The van der Waals surface area contributed by atoms with E-state index in [9.17, 15) is 35.8 Å². The molecule has 0 saturated carbocycles. The average Bonchev–Trinajstić information content (AvgIpc) is 2.79. The van der Waals surface area contributed by atoms with E-state index in [0.29, 0.717) is 0 Å². The maximum atomic E-state index is 13.3. The van der Waals surface area contributed by atoms with Gasteiger partial charge in [-0.3, -0.25) is 0 Å². The van der Waals surface area contributed by atoms with Gasteiger partial charge in [0.15, 0.2) is 6.10 Å². The van der Waals surface area contributed by atoms with Crippen LogP contribution in [0.4, 0.5) is 36.7 Å². The van der Waals surface area contributed by atoms with Crippen molar-refractivity contribution >= 4 is 17.5 Å². The van der Waals surface area contributed by atoms with Crippen molar-refractivity contribution in [1.82, 2.24) is 9.97 Å². The summed E-state index contributed by atoms with van der Waals surface area (Å²) >= 11 is 6.03. The summed E-state index contributed by atoms with van der Waals surface area (Å²) in [4.78, 5) is 8.87. The standard InChI is InChI=1S/C22H17ClF7N3O3/c23-15-6-1-2-7-16(15)35-18-8-9-31-20(32-18)33(12-17(34)21(26,27)28)11-13-4-3-5-14(10-13)36-22(29,30)19(24)25/h1-10,17,19,34H,11-12H2/t17-/m1/s1. The van der Waals surface area contributed by atoms with E-state index in [0.717, 1.165) is 17.0 Å². The van der Waals surface area contributed by atoms with E-state index in [-0.39, 0.29) is 28.2 Å². The third-order valence-corrected chi connectivity index (χ3v) is 4.81. The Hall–Kier alpha value is -3.32. The number of aliphatic hydroxyl groups excluding tert-OH is 1. The van der Waals surface area contributed by atoms with E-state index < -0.39 is 43.7 Å². The molecular formula is C22H17ClF7N3O3. The second-order valence-electron chi connectivity index (χ2n) is 7.28. The Labute approximate surface area is 204 Å². The number of anilines is 1. The molecule has 0 aliphatic heterocycles. The summed E-state index contributed by atoms with van der Waals surface area (Å²) in [6, 6.07) is 12.1. The van der Waals surface area contributed by atoms with Gasteiger partial charge in [0.05, 0.1) is 11.6 Å². The molecule has 36 heavy (non-hydrogen) atoms. The lowest BCUT2D eigenvalue weighted by Gasteiger charge is -2.27. The molecule has 0 spiro atoms. The van der Waals surface area contributed by atoms with E-state index in [1.54, 1.807) is 12.1 Å². The molecule has 6 nitrogen and oxygen atoms in total. The van der Waals surface area contributed by atoms with Gasteiger partial charge in [0.1, 0.15) is 11.5 Å². The van der Waals surface area contributed by atoms with Gasteiger partial charge in [-0.1, -0.05) is 35.9 Å². The fourth-order valence-electron chi connectivity index (χ4n) is 2.84. The SMILES string of the molecule is O[C@H](CN(Cc1cccc(OC(F)(F)C(F)F)c1)c1nccc(Oc2ccccc2Cl)n1)C(F)(F)F. The lowest BCUT2D eigenvalue weighted by atomic mass is 10.2. The molecule has 3 rings (SSSR count). The molecule has 1 heterocycles. The summed E-state index contributed by atoms with van der Waals surface area (Å²) < 4.78 is 100. The highest BCUT2D eigenvalue weighted by molar-refractivity contribution is 6.32. The zero-order valence-corrected chi connectivity index (χ0v) is 18.7. The van der Waals surface area contributed by atoms with Crippen molar-refractivity contribution in [2.75, 3.05) is 11.4 Å². The molecule has 0 fully saturated rings. The molecule has 0 unspecified atom stereocenters. The molecule has 3 aromatic rings. The van der Waals surface area contributed by atoms with Crippen LogP contribution in [-0.4, -0.2) is 46.4 Å². The highest BCUT2D eigenvalue weighted by Crippen LogP contribution is 2.31. The average molecular weight is 540 g/mol. The lowest BCUT2D eigenvalue weighted by molar-refractivity contribution is -0.253. The molecule has 1 atom stereocenters. The second kappa shape index (κ2) is 11.2. The van der Waals surface area contributed by atoms with Crippen molar-refractivity contribution in [3.8, 4) is 17.4 Å². The minimum atomic E-state index is -4.99. The number of aromatic nitrogens is 2. The van der Waals surface area contributed by atoms with Crippen LogP contribution in [0.25, 0.3) is 0 Å². The Balaban J connectivity index is 1.89. The maximum absolute atomic E-state index is 13.3. The van der Waals surface area contributed by atoms with Crippen LogP contribution in [0.3, 0.4) is 0 Å². The number of nitrogens with zero attached hydrogens (tertiary/aromatic N) is 3. The molecule has 2 aromatic carbocycles. The van der Waals surface area contributed by atoms with E-state index in [2.05, 4.69) is 14.7 Å². The minimum absolute atomic E-state index is 0.0768. The molecule has 0 saturated heterocycles. The van der Waals surface area contributed by atoms with Crippen LogP contribution in [0.5, 0.6) is 17.4 Å². The second-order valence-corrected chi connectivity index (χ2v) is 7.68. The van der Waals surface area contributed by atoms with E-state index >= 15 is 0 Å². The smallest absolute Gasteiger partial charge is 0.437 e. The molecule has 194 valence electrons. The van der Waals surface area contributed by atoms with Crippen LogP contribution < -0.4 is 14.4 Å². The summed E-state index contributed by atoms with van der Waals surface area (Å²) in [5.41, 5.74) is 0.0768. The third kappa shape index (κ3) is 7.34. The predicted molar refractivity (Wildman–Crippen MR) is 115 cm³/mol. The lowest BCUT2D eigenvalue weighted by Crippen LogP contribution is -2.41. The highest BCUT2D eigenvalue weighted by atomic mass is 35.5. The first-order valence-electron chi connectivity index (χ1n) is 10.0. The Morgan fingerprint density at radius 1 is 1.00 bits per heavy atom. The molecule has 0 amide bonds. The minimum Gasteiger partial charge on any atom is -0.437 e. The van der Waals surface area contributed by atoms with Crippen molar-refractivity contribution in [2.24, 2.45) is 0 Å². The van der Waals surface area contributed by atoms with Crippen molar-refractivity contribution in [1.29, 1.82) is 0 Å². The molecule has 1 aromatic heterocycles. The Kier molecular flexibility index (Phi) is 8.46. The molecular weight excluding hydrogens is 523 g/mol. The van der Waals surface area contributed by atoms with Gasteiger partial charge in [-0.05, 0) is 29.8 Å². The molecule has 0 aliphatic rings. The van der Waals surface area contributed by atoms with Gasteiger partial charge in [-0.25, -0.2) is 4.98 Å². The van der Waals surface area contributed by atoms with Crippen LogP contribution >= 0.6 is 11.6 Å². The number of halogens is 8. The normalized spacial score (nSPS) is 12.9. The zero-order chi connectivity index (χ0) is 26.5. The van der Waals surface area contributed by atoms with Gasteiger partial charge >= 0.3 is 18.7 Å². The van der Waals surface area contributed by atoms with Crippen molar-refractivity contribution in [3.63, 3.8) is 0 Å². The number of hydrogen-bond acceptors (Lipinski definition) is 6. The maximum Gasteiger partial charge on any atom is 0.461 e. The highest BCUT2D eigenvalue weighted by Gasteiger charge is 2.44. The monoisotopic (exact) mass is 539 g/mol. The first-order valence-corrected chi connectivity index (χ1v) is 10.4. The molecule has 0 aliphatic carbocycles. The summed E-state index contributed by atoms with van der Waals surface area (Å²) in [7, 11) is 0. The predicted octanol–water partition coefficient (Wildman–Crippen LogP) is 6.09. The Morgan fingerprint density at radius 3 is 2.39 bits per heavy atom. The van der Waals surface area contributed by atoms with E-state index in [1.165, 1.54) is 36.5 Å². The van der Waals surface area contributed by atoms with Crippen LogP contribution in [0, 0.1) is 0 Å². The summed E-state index contributed by atoms with van der Waals surface area (Å²) in [5.74, 6) is -0.846. The van der Waals surface area contributed by atoms with Crippen LogP contribution in [-0.2, 0) is 6.54 Å². The molecule has 1 N–H and O–H groups in total. The Bertz CT molecular complexity index is 1170. The Morgan fingerprint density at radius 2 is 1.72 bits per heavy atom. The summed E-state index contributed by atoms with van der Waals surface area (Å²) in [6.07, 6.45) is -15.5. The molecule has 0 bridgehead atoms.